The third kappa shape index (κ3) is 3.88. The number of nitrogens with zero attached hydrogens (tertiary/aromatic N) is 4. The van der Waals surface area contributed by atoms with Crippen LogP contribution in [0.2, 0.25) is 5.02 Å². The maximum absolute atomic E-state index is 12.5. The van der Waals surface area contributed by atoms with Crippen LogP contribution in [0.25, 0.3) is 0 Å². The van der Waals surface area contributed by atoms with Gasteiger partial charge in [-0.2, -0.15) is 10.2 Å². The van der Waals surface area contributed by atoms with E-state index < -0.39 is 0 Å². The van der Waals surface area contributed by atoms with Crippen molar-refractivity contribution in [3.63, 3.8) is 0 Å². The fraction of sp³-hybridized carbons (Fsp3) is 0.278. The monoisotopic (exact) mass is 373 g/mol. The molecule has 1 aromatic carbocycles. The van der Waals surface area contributed by atoms with Gasteiger partial charge in [0.2, 0.25) is 0 Å². The van der Waals surface area contributed by atoms with Crippen LogP contribution in [-0.4, -0.2) is 25.5 Å². The molecule has 0 unspecified atom stereocenters. The molecule has 1 N–H and O–H groups in total. The lowest BCUT2D eigenvalue weighted by Gasteiger charge is -2.10. The number of aryl methyl sites for hydroxylation is 2. The van der Waals surface area contributed by atoms with Crippen molar-refractivity contribution >= 4 is 17.5 Å². The first-order chi connectivity index (χ1) is 12.5. The SMILES string of the molecule is Cc1nn(C)c(C)c1CNC(=O)c1ccnn1COc1ccc(Cl)cc1. The number of halogens is 1. The van der Waals surface area contributed by atoms with E-state index in [1.54, 1.807) is 41.2 Å². The van der Waals surface area contributed by atoms with E-state index in [0.717, 1.165) is 17.0 Å². The molecule has 0 saturated carbocycles. The Kier molecular flexibility index (Phi) is 5.27. The molecule has 0 radical (unpaired) electrons. The largest absolute Gasteiger partial charge is 0.471 e. The first-order valence-corrected chi connectivity index (χ1v) is 8.51. The molecule has 136 valence electrons. The van der Waals surface area contributed by atoms with Gasteiger partial charge in [-0.15, -0.1) is 0 Å². The lowest BCUT2D eigenvalue weighted by molar-refractivity contribution is 0.0929. The molecule has 0 aliphatic rings. The van der Waals surface area contributed by atoms with E-state index in [1.807, 2.05) is 20.9 Å². The third-order valence-corrected chi connectivity index (χ3v) is 4.45. The summed E-state index contributed by atoms with van der Waals surface area (Å²) in [6.45, 7) is 4.44. The Morgan fingerprint density at radius 3 is 2.62 bits per heavy atom. The Balaban J connectivity index is 1.63. The highest BCUT2D eigenvalue weighted by Crippen LogP contribution is 2.16. The van der Waals surface area contributed by atoms with Gasteiger partial charge in [-0.05, 0) is 44.2 Å². The van der Waals surface area contributed by atoms with Crippen LogP contribution in [0.5, 0.6) is 5.75 Å². The number of carbonyl (C=O) groups excluding carboxylic acids is 1. The van der Waals surface area contributed by atoms with E-state index in [1.165, 1.54) is 4.68 Å². The Morgan fingerprint density at radius 2 is 1.96 bits per heavy atom. The van der Waals surface area contributed by atoms with Gasteiger partial charge >= 0.3 is 0 Å². The zero-order chi connectivity index (χ0) is 18.7. The molecule has 0 atom stereocenters. The van der Waals surface area contributed by atoms with Gasteiger partial charge in [-0.3, -0.25) is 9.48 Å². The second kappa shape index (κ2) is 7.61. The quantitative estimate of drug-likeness (QED) is 0.721. The number of hydrogen-bond acceptors (Lipinski definition) is 4. The van der Waals surface area contributed by atoms with E-state index in [2.05, 4.69) is 15.5 Å². The summed E-state index contributed by atoms with van der Waals surface area (Å²) in [5.74, 6) is 0.433. The number of amides is 1. The van der Waals surface area contributed by atoms with E-state index in [-0.39, 0.29) is 12.6 Å². The van der Waals surface area contributed by atoms with E-state index >= 15 is 0 Å². The predicted molar refractivity (Wildman–Crippen MR) is 98.2 cm³/mol. The standard InChI is InChI=1S/C18H20ClN5O2/c1-12-16(13(2)23(3)22-12)10-20-18(25)17-8-9-21-24(17)11-26-15-6-4-14(19)5-7-15/h4-9H,10-11H2,1-3H3,(H,20,25). The molecule has 2 aromatic heterocycles. The van der Waals surface area contributed by atoms with Crippen LogP contribution < -0.4 is 10.1 Å². The number of aromatic nitrogens is 4. The molecule has 0 fully saturated rings. The van der Waals surface area contributed by atoms with Gasteiger partial charge in [0.25, 0.3) is 5.91 Å². The van der Waals surface area contributed by atoms with E-state index in [9.17, 15) is 4.79 Å². The molecule has 8 heteroatoms. The number of benzene rings is 1. The minimum absolute atomic E-state index is 0.127. The van der Waals surface area contributed by atoms with Crippen molar-refractivity contribution in [1.29, 1.82) is 0 Å². The van der Waals surface area contributed by atoms with Crippen LogP contribution in [0.3, 0.4) is 0 Å². The molecule has 3 rings (SSSR count). The summed E-state index contributed by atoms with van der Waals surface area (Å²) in [6, 6.07) is 8.67. The highest BCUT2D eigenvalue weighted by Gasteiger charge is 2.15. The summed E-state index contributed by atoms with van der Waals surface area (Å²) in [7, 11) is 1.89. The number of ether oxygens (including phenoxy) is 1. The minimum atomic E-state index is -0.218. The zero-order valence-corrected chi connectivity index (χ0v) is 15.6. The Labute approximate surface area is 156 Å². The predicted octanol–water partition coefficient (Wildman–Crippen LogP) is 2.85. The second-order valence-electron chi connectivity index (χ2n) is 5.90. The summed E-state index contributed by atoms with van der Waals surface area (Å²) in [5, 5.41) is 12.1. The average molecular weight is 374 g/mol. The van der Waals surface area contributed by atoms with Gasteiger partial charge in [0.15, 0.2) is 6.73 Å². The summed E-state index contributed by atoms with van der Waals surface area (Å²) < 4.78 is 8.96. The fourth-order valence-corrected chi connectivity index (χ4v) is 2.75. The minimum Gasteiger partial charge on any atom is -0.471 e. The summed E-state index contributed by atoms with van der Waals surface area (Å²) >= 11 is 5.86. The van der Waals surface area contributed by atoms with Crippen molar-refractivity contribution in [2.75, 3.05) is 0 Å². The molecular weight excluding hydrogens is 354 g/mol. The Morgan fingerprint density at radius 1 is 1.23 bits per heavy atom. The van der Waals surface area contributed by atoms with Gasteiger partial charge in [-0.1, -0.05) is 11.6 Å². The molecular formula is C18H20ClN5O2. The van der Waals surface area contributed by atoms with Gasteiger partial charge in [0, 0.05) is 36.1 Å². The topological polar surface area (TPSA) is 74.0 Å². The first kappa shape index (κ1) is 18.0. The molecule has 7 nitrogen and oxygen atoms in total. The summed E-state index contributed by atoms with van der Waals surface area (Å²) in [6.07, 6.45) is 1.57. The van der Waals surface area contributed by atoms with Crippen molar-refractivity contribution < 1.29 is 9.53 Å². The summed E-state index contributed by atoms with van der Waals surface area (Å²) in [5.41, 5.74) is 3.38. The zero-order valence-electron chi connectivity index (χ0n) is 14.9. The Bertz CT molecular complexity index is 914. The van der Waals surface area contributed by atoms with Crippen LogP contribution in [0.1, 0.15) is 27.4 Å². The van der Waals surface area contributed by atoms with Crippen molar-refractivity contribution in [2.45, 2.75) is 27.1 Å². The van der Waals surface area contributed by atoms with Crippen LogP contribution in [0.15, 0.2) is 36.5 Å². The van der Waals surface area contributed by atoms with Crippen molar-refractivity contribution in [1.82, 2.24) is 24.9 Å². The van der Waals surface area contributed by atoms with Crippen LogP contribution in [-0.2, 0) is 20.3 Å². The van der Waals surface area contributed by atoms with Crippen molar-refractivity contribution in [2.24, 2.45) is 7.05 Å². The highest BCUT2D eigenvalue weighted by atomic mass is 35.5. The third-order valence-electron chi connectivity index (χ3n) is 4.20. The van der Waals surface area contributed by atoms with Crippen LogP contribution in [0, 0.1) is 13.8 Å². The number of rotatable bonds is 6. The lowest BCUT2D eigenvalue weighted by Crippen LogP contribution is -2.27. The number of carbonyl (C=O) groups is 1. The van der Waals surface area contributed by atoms with Crippen LogP contribution >= 0.6 is 11.6 Å². The van der Waals surface area contributed by atoms with Gasteiger partial charge in [0.1, 0.15) is 11.4 Å². The highest BCUT2D eigenvalue weighted by molar-refractivity contribution is 6.30. The second-order valence-corrected chi connectivity index (χ2v) is 6.34. The summed E-state index contributed by atoms with van der Waals surface area (Å²) in [4.78, 5) is 12.5. The van der Waals surface area contributed by atoms with Crippen molar-refractivity contribution in [3.05, 3.63) is 64.2 Å². The van der Waals surface area contributed by atoms with Gasteiger partial charge < -0.3 is 10.1 Å². The van der Waals surface area contributed by atoms with Gasteiger partial charge in [-0.25, -0.2) is 4.68 Å². The maximum atomic E-state index is 12.5. The molecule has 1 amide bonds. The number of nitrogens with one attached hydrogen (secondary N) is 1. The first-order valence-electron chi connectivity index (χ1n) is 8.13. The Hall–Kier alpha value is -2.80. The average Bonchev–Trinajstić information content (AvgIpc) is 3.18. The molecule has 0 aliphatic carbocycles. The smallest absolute Gasteiger partial charge is 0.269 e. The van der Waals surface area contributed by atoms with Crippen LogP contribution in [0.4, 0.5) is 0 Å². The van der Waals surface area contributed by atoms with Crippen molar-refractivity contribution in [3.8, 4) is 5.75 Å². The normalized spacial score (nSPS) is 10.8. The fourth-order valence-electron chi connectivity index (χ4n) is 2.63. The number of hydrogen-bond donors (Lipinski definition) is 1. The van der Waals surface area contributed by atoms with E-state index in [0.29, 0.717) is 23.0 Å². The molecule has 2 heterocycles. The molecule has 0 aliphatic heterocycles. The van der Waals surface area contributed by atoms with Gasteiger partial charge in [0.05, 0.1) is 5.69 Å². The molecule has 0 spiro atoms. The van der Waals surface area contributed by atoms with E-state index in [4.69, 9.17) is 16.3 Å². The lowest BCUT2D eigenvalue weighted by atomic mass is 10.2. The molecule has 0 saturated heterocycles. The molecule has 0 bridgehead atoms. The molecule has 3 aromatic rings. The molecule has 26 heavy (non-hydrogen) atoms. The maximum Gasteiger partial charge on any atom is 0.269 e.